The van der Waals surface area contributed by atoms with Gasteiger partial charge in [0, 0.05) is 13.0 Å². The molecule has 0 saturated heterocycles. The average Bonchev–Trinajstić information content (AvgIpc) is 3.30. The summed E-state index contributed by atoms with van der Waals surface area (Å²) in [5.41, 5.74) is 0.843. The van der Waals surface area contributed by atoms with Crippen LogP contribution in [0.15, 0.2) is 54.6 Å². The van der Waals surface area contributed by atoms with E-state index in [0.717, 1.165) is 0 Å². The summed E-state index contributed by atoms with van der Waals surface area (Å²) >= 11 is 1.22. The van der Waals surface area contributed by atoms with E-state index in [-0.39, 0.29) is 37.3 Å². The van der Waals surface area contributed by atoms with Gasteiger partial charge in [-0.2, -0.15) is 0 Å². The van der Waals surface area contributed by atoms with Crippen molar-refractivity contribution < 1.29 is 19.1 Å². The number of imide groups is 1. The molecule has 0 spiro atoms. The van der Waals surface area contributed by atoms with Crippen molar-refractivity contribution in [3.8, 4) is 5.75 Å². The van der Waals surface area contributed by atoms with Gasteiger partial charge in [-0.3, -0.25) is 19.3 Å². The summed E-state index contributed by atoms with van der Waals surface area (Å²) in [6, 6.07) is 16.0. The van der Waals surface area contributed by atoms with E-state index in [1.165, 1.54) is 16.2 Å². The molecule has 30 heavy (non-hydrogen) atoms. The smallest absolute Gasteiger partial charge is 0.261 e. The Morgan fingerprint density at radius 3 is 2.33 bits per heavy atom. The number of ether oxygens (including phenoxy) is 1. The molecule has 0 bridgehead atoms. The largest absolute Gasteiger partial charge is 0.493 e. The van der Waals surface area contributed by atoms with Gasteiger partial charge in [-0.1, -0.05) is 41.7 Å². The molecular formula is C21H18N4O4S. The van der Waals surface area contributed by atoms with Crippen molar-refractivity contribution in [2.75, 3.05) is 18.5 Å². The molecule has 3 amide bonds. The first kappa shape index (κ1) is 19.7. The van der Waals surface area contributed by atoms with Crippen LogP contribution in [-0.4, -0.2) is 46.0 Å². The van der Waals surface area contributed by atoms with E-state index >= 15 is 0 Å². The molecule has 0 saturated carbocycles. The zero-order valence-electron chi connectivity index (χ0n) is 15.9. The van der Waals surface area contributed by atoms with E-state index in [1.54, 1.807) is 24.3 Å². The maximum absolute atomic E-state index is 12.4. The SMILES string of the molecule is O=C(CCOc1ccccc1)Nc1nnc(CCN2C(=O)c3ccccc3C2=O)s1. The van der Waals surface area contributed by atoms with E-state index in [9.17, 15) is 14.4 Å². The second-order valence-electron chi connectivity index (χ2n) is 6.52. The van der Waals surface area contributed by atoms with Gasteiger partial charge in [-0.25, -0.2) is 0 Å². The summed E-state index contributed by atoms with van der Waals surface area (Å²) in [6.07, 6.45) is 0.551. The second-order valence-corrected chi connectivity index (χ2v) is 7.58. The standard InChI is InChI=1S/C21H18N4O4S/c26-17(11-13-29-14-6-2-1-3-7-14)22-21-24-23-18(30-21)10-12-25-19(27)15-8-4-5-9-16(15)20(25)28/h1-9H,10-13H2,(H,22,24,26). The quantitative estimate of drug-likeness (QED) is 0.560. The Bertz CT molecular complexity index is 1050. The van der Waals surface area contributed by atoms with E-state index in [0.29, 0.717) is 33.4 Å². The van der Waals surface area contributed by atoms with Crippen molar-refractivity contribution in [3.63, 3.8) is 0 Å². The van der Waals surface area contributed by atoms with Crippen molar-refractivity contribution >= 4 is 34.2 Å². The lowest BCUT2D eigenvalue weighted by atomic mass is 10.1. The Kier molecular flexibility index (Phi) is 5.80. The van der Waals surface area contributed by atoms with Gasteiger partial charge in [0.25, 0.3) is 11.8 Å². The molecule has 4 rings (SSSR count). The Morgan fingerprint density at radius 2 is 1.63 bits per heavy atom. The maximum Gasteiger partial charge on any atom is 0.261 e. The van der Waals surface area contributed by atoms with Gasteiger partial charge >= 0.3 is 0 Å². The summed E-state index contributed by atoms with van der Waals surface area (Å²) in [5, 5.41) is 11.7. The molecule has 8 nitrogen and oxygen atoms in total. The minimum atomic E-state index is -0.299. The number of nitrogens with zero attached hydrogens (tertiary/aromatic N) is 3. The number of aromatic nitrogens is 2. The number of para-hydroxylation sites is 1. The Hall–Kier alpha value is -3.59. The molecule has 3 aromatic rings. The predicted octanol–water partition coefficient (Wildman–Crippen LogP) is 2.78. The summed E-state index contributed by atoms with van der Waals surface area (Å²) in [5.74, 6) is -0.121. The van der Waals surface area contributed by atoms with Crippen molar-refractivity contribution in [2.45, 2.75) is 12.8 Å². The number of carbonyl (C=O) groups is 3. The van der Waals surface area contributed by atoms with Crippen LogP contribution in [-0.2, 0) is 11.2 Å². The van der Waals surface area contributed by atoms with Gasteiger partial charge in [0.1, 0.15) is 10.8 Å². The molecule has 0 fully saturated rings. The van der Waals surface area contributed by atoms with E-state index in [4.69, 9.17) is 4.74 Å². The monoisotopic (exact) mass is 422 g/mol. The fourth-order valence-corrected chi connectivity index (χ4v) is 3.76. The summed E-state index contributed by atoms with van der Waals surface area (Å²) in [4.78, 5) is 38.0. The predicted molar refractivity (Wildman–Crippen MR) is 111 cm³/mol. The molecule has 0 radical (unpaired) electrons. The van der Waals surface area contributed by atoms with Crippen LogP contribution < -0.4 is 10.1 Å². The highest BCUT2D eigenvalue weighted by molar-refractivity contribution is 7.15. The normalized spacial score (nSPS) is 12.7. The Labute approximate surface area is 176 Å². The fourth-order valence-electron chi connectivity index (χ4n) is 3.01. The van der Waals surface area contributed by atoms with Gasteiger partial charge in [-0.05, 0) is 24.3 Å². The van der Waals surface area contributed by atoms with Gasteiger partial charge in [0.05, 0.1) is 24.2 Å². The van der Waals surface area contributed by atoms with Crippen LogP contribution in [0.25, 0.3) is 0 Å². The number of carbonyl (C=O) groups excluding carboxylic acids is 3. The zero-order chi connectivity index (χ0) is 20.9. The molecule has 1 aromatic heterocycles. The first-order chi connectivity index (χ1) is 14.6. The molecule has 2 heterocycles. The first-order valence-electron chi connectivity index (χ1n) is 9.37. The van der Waals surface area contributed by atoms with E-state index in [1.807, 2.05) is 30.3 Å². The molecule has 1 N–H and O–H groups in total. The van der Waals surface area contributed by atoms with Crippen LogP contribution in [0.4, 0.5) is 5.13 Å². The third-order valence-electron chi connectivity index (χ3n) is 4.48. The highest BCUT2D eigenvalue weighted by atomic mass is 32.1. The molecule has 0 unspecified atom stereocenters. The maximum atomic E-state index is 12.4. The molecule has 1 aliphatic rings. The number of rotatable bonds is 8. The van der Waals surface area contributed by atoms with Crippen LogP contribution in [0.1, 0.15) is 32.1 Å². The first-order valence-corrected chi connectivity index (χ1v) is 10.2. The van der Waals surface area contributed by atoms with Crippen LogP contribution in [0.3, 0.4) is 0 Å². The highest BCUT2D eigenvalue weighted by Crippen LogP contribution is 2.23. The number of fused-ring (bicyclic) bond motifs is 1. The molecule has 1 aliphatic heterocycles. The van der Waals surface area contributed by atoms with Gasteiger partial charge < -0.3 is 10.1 Å². The number of anilines is 1. The van der Waals surface area contributed by atoms with E-state index in [2.05, 4.69) is 15.5 Å². The van der Waals surface area contributed by atoms with Crippen molar-refractivity contribution in [1.29, 1.82) is 0 Å². The summed E-state index contributed by atoms with van der Waals surface area (Å²) in [6.45, 7) is 0.459. The third kappa shape index (κ3) is 4.36. The fraction of sp³-hybridized carbons (Fsp3) is 0.190. The number of nitrogens with one attached hydrogen (secondary N) is 1. The molecule has 9 heteroatoms. The van der Waals surface area contributed by atoms with Gasteiger partial charge in [0.2, 0.25) is 11.0 Å². The van der Waals surface area contributed by atoms with Gasteiger partial charge in [0.15, 0.2) is 0 Å². The lowest BCUT2D eigenvalue weighted by Crippen LogP contribution is -2.31. The average molecular weight is 422 g/mol. The Balaban J connectivity index is 1.25. The van der Waals surface area contributed by atoms with Crippen LogP contribution in [0.5, 0.6) is 5.75 Å². The van der Waals surface area contributed by atoms with Crippen molar-refractivity contribution in [3.05, 3.63) is 70.7 Å². The lowest BCUT2D eigenvalue weighted by Gasteiger charge is -2.12. The minimum Gasteiger partial charge on any atom is -0.493 e. The van der Waals surface area contributed by atoms with Crippen LogP contribution in [0, 0.1) is 0 Å². The topological polar surface area (TPSA) is 101 Å². The highest BCUT2D eigenvalue weighted by Gasteiger charge is 2.34. The lowest BCUT2D eigenvalue weighted by molar-refractivity contribution is -0.116. The molecule has 152 valence electrons. The van der Waals surface area contributed by atoms with Crippen molar-refractivity contribution in [2.24, 2.45) is 0 Å². The number of benzene rings is 2. The van der Waals surface area contributed by atoms with Crippen LogP contribution >= 0.6 is 11.3 Å². The summed E-state index contributed by atoms with van der Waals surface area (Å²) in [7, 11) is 0. The molecule has 0 atom stereocenters. The number of amides is 3. The number of hydrogen-bond donors (Lipinski definition) is 1. The molecule has 0 aliphatic carbocycles. The summed E-state index contributed by atoms with van der Waals surface area (Å²) < 4.78 is 5.50. The second kappa shape index (κ2) is 8.83. The van der Waals surface area contributed by atoms with Gasteiger partial charge in [-0.15, -0.1) is 10.2 Å². The van der Waals surface area contributed by atoms with Crippen LogP contribution in [0.2, 0.25) is 0 Å². The number of hydrogen-bond acceptors (Lipinski definition) is 7. The molecule has 2 aromatic carbocycles. The van der Waals surface area contributed by atoms with Crippen molar-refractivity contribution in [1.82, 2.24) is 15.1 Å². The van der Waals surface area contributed by atoms with E-state index < -0.39 is 0 Å². The third-order valence-corrected chi connectivity index (χ3v) is 5.38. The zero-order valence-corrected chi connectivity index (χ0v) is 16.7. The Morgan fingerprint density at radius 1 is 0.967 bits per heavy atom. The molecular weight excluding hydrogens is 404 g/mol. The minimum absolute atomic E-state index is 0.179.